The van der Waals surface area contributed by atoms with Gasteiger partial charge in [-0.2, -0.15) is 0 Å². The minimum atomic E-state index is -0.831. The molecule has 1 aromatic rings. The molecular weight excluding hydrogens is 315 g/mol. The number of nitrogens with one attached hydrogen (secondary N) is 1. The van der Waals surface area contributed by atoms with Crippen LogP contribution in [0, 0.1) is 11.7 Å². The van der Waals surface area contributed by atoms with Crippen molar-refractivity contribution in [1.82, 2.24) is 4.90 Å². The van der Waals surface area contributed by atoms with E-state index in [0.717, 1.165) is 5.56 Å². The number of halogens is 1. The molecule has 2 aliphatic rings. The molecule has 1 aromatic carbocycles. The van der Waals surface area contributed by atoms with Gasteiger partial charge in [0.2, 0.25) is 5.91 Å². The predicted molar refractivity (Wildman–Crippen MR) is 84.2 cm³/mol. The van der Waals surface area contributed by atoms with Gasteiger partial charge in [-0.3, -0.25) is 14.4 Å². The second-order valence-electron chi connectivity index (χ2n) is 6.37. The molecule has 24 heavy (non-hydrogen) atoms. The molecule has 7 heteroatoms. The summed E-state index contributed by atoms with van der Waals surface area (Å²) in [6.07, 6.45) is 2.14. The molecule has 0 atom stereocenters. The maximum atomic E-state index is 14.3. The van der Waals surface area contributed by atoms with E-state index in [4.69, 9.17) is 5.11 Å². The molecule has 3 rings (SSSR count). The van der Waals surface area contributed by atoms with Gasteiger partial charge in [0.1, 0.15) is 5.82 Å². The van der Waals surface area contributed by atoms with Gasteiger partial charge in [0.05, 0.1) is 5.56 Å². The number of piperidine rings is 1. The zero-order valence-corrected chi connectivity index (χ0v) is 13.2. The summed E-state index contributed by atoms with van der Waals surface area (Å²) in [4.78, 5) is 36.3. The molecule has 0 bridgehead atoms. The van der Waals surface area contributed by atoms with Crippen molar-refractivity contribution in [1.29, 1.82) is 0 Å². The number of aryl methyl sites for hydroxylation is 1. The largest absolute Gasteiger partial charge is 0.481 e. The number of anilines is 1. The highest BCUT2D eigenvalue weighted by Gasteiger charge is 2.28. The van der Waals surface area contributed by atoms with Crippen LogP contribution in [0.1, 0.15) is 41.6 Å². The number of rotatable bonds is 3. The fourth-order valence-corrected chi connectivity index (χ4v) is 3.32. The van der Waals surface area contributed by atoms with Gasteiger partial charge >= 0.3 is 5.97 Å². The van der Waals surface area contributed by atoms with Crippen molar-refractivity contribution in [2.24, 2.45) is 5.92 Å². The lowest BCUT2D eigenvalue weighted by Crippen LogP contribution is -2.39. The van der Waals surface area contributed by atoms with Crippen LogP contribution < -0.4 is 5.32 Å². The van der Waals surface area contributed by atoms with Crippen LogP contribution in [0.2, 0.25) is 0 Å². The Morgan fingerprint density at radius 2 is 1.96 bits per heavy atom. The molecule has 2 heterocycles. The van der Waals surface area contributed by atoms with Crippen molar-refractivity contribution in [3.63, 3.8) is 0 Å². The lowest BCUT2D eigenvalue weighted by molar-refractivity contribution is -0.138. The van der Waals surface area contributed by atoms with Crippen molar-refractivity contribution in [3.05, 3.63) is 29.1 Å². The van der Waals surface area contributed by atoms with Crippen molar-refractivity contribution in [2.75, 3.05) is 18.4 Å². The number of carbonyl (C=O) groups excluding carboxylic acids is 2. The molecule has 2 N–H and O–H groups in total. The molecule has 0 aromatic heterocycles. The average molecular weight is 334 g/mol. The third kappa shape index (κ3) is 3.39. The number of amides is 2. The third-order valence-corrected chi connectivity index (χ3v) is 4.68. The van der Waals surface area contributed by atoms with Crippen LogP contribution in [0.15, 0.2) is 12.1 Å². The number of carbonyl (C=O) groups is 3. The van der Waals surface area contributed by atoms with Crippen LogP contribution in [0.3, 0.4) is 0 Å². The van der Waals surface area contributed by atoms with Crippen LogP contribution in [0.5, 0.6) is 0 Å². The second-order valence-corrected chi connectivity index (χ2v) is 6.37. The van der Waals surface area contributed by atoms with E-state index in [-0.39, 0.29) is 29.7 Å². The summed E-state index contributed by atoms with van der Waals surface area (Å²) in [5, 5.41) is 11.4. The highest BCUT2D eigenvalue weighted by Crippen LogP contribution is 2.28. The maximum absolute atomic E-state index is 14.3. The van der Waals surface area contributed by atoms with Crippen LogP contribution in [0.4, 0.5) is 10.1 Å². The molecule has 0 saturated carbocycles. The summed E-state index contributed by atoms with van der Waals surface area (Å²) in [5.74, 6) is -1.94. The summed E-state index contributed by atoms with van der Waals surface area (Å²) in [6, 6.07) is 2.73. The number of carboxylic acids is 1. The highest BCUT2D eigenvalue weighted by molar-refractivity contribution is 5.98. The lowest BCUT2D eigenvalue weighted by atomic mass is 9.93. The Hall–Kier alpha value is -2.44. The van der Waals surface area contributed by atoms with Crippen molar-refractivity contribution in [2.45, 2.75) is 32.1 Å². The van der Waals surface area contributed by atoms with Crippen molar-refractivity contribution >= 4 is 23.5 Å². The van der Waals surface area contributed by atoms with E-state index < -0.39 is 11.8 Å². The molecule has 2 amide bonds. The number of hydrogen-bond acceptors (Lipinski definition) is 3. The van der Waals surface area contributed by atoms with Crippen molar-refractivity contribution < 1.29 is 23.9 Å². The summed E-state index contributed by atoms with van der Waals surface area (Å²) >= 11 is 0. The van der Waals surface area contributed by atoms with Crippen LogP contribution >= 0.6 is 0 Å². The zero-order chi connectivity index (χ0) is 17.3. The number of fused-ring (bicyclic) bond motifs is 1. The standard InChI is InChI=1S/C17H19FN2O4/c18-13-9-14-11(1-2-15(21)19-14)8-12(13)17(24)20-5-3-10(4-6-20)7-16(22)23/h8-10H,1-7H2,(H,19,21)(H,22,23). The van der Waals surface area contributed by atoms with Gasteiger partial charge in [-0.15, -0.1) is 0 Å². The Morgan fingerprint density at radius 3 is 2.62 bits per heavy atom. The minimum absolute atomic E-state index is 0.0154. The average Bonchev–Trinajstić information content (AvgIpc) is 2.53. The molecule has 0 radical (unpaired) electrons. The van der Waals surface area contributed by atoms with Crippen LogP contribution in [0.25, 0.3) is 0 Å². The fraction of sp³-hybridized carbons (Fsp3) is 0.471. The first-order chi connectivity index (χ1) is 11.4. The number of carboxylic acid groups (broad SMARTS) is 1. The van der Waals surface area contributed by atoms with E-state index in [1.165, 1.54) is 12.1 Å². The molecule has 6 nitrogen and oxygen atoms in total. The third-order valence-electron chi connectivity index (χ3n) is 4.68. The van der Waals surface area contributed by atoms with Crippen LogP contribution in [-0.4, -0.2) is 40.9 Å². The smallest absolute Gasteiger partial charge is 0.303 e. The van der Waals surface area contributed by atoms with Crippen molar-refractivity contribution in [3.8, 4) is 0 Å². The number of nitrogens with zero attached hydrogens (tertiary/aromatic N) is 1. The number of benzene rings is 1. The van der Waals surface area contributed by atoms with E-state index >= 15 is 0 Å². The quantitative estimate of drug-likeness (QED) is 0.885. The second kappa shape index (κ2) is 6.59. The first-order valence-electron chi connectivity index (χ1n) is 8.07. The van der Waals surface area contributed by atoms with E-state index in [0.29, 0.717) is 44.5 Å². The Bertz CT molecular complexity index is 696. The molecule has 0 aliphatic carbocycles. The molecule has 2 aliphatic heterocycles. The number of likely N-dealkylation sites (tertiary alicyclic amines) is 1. The van der Waals surface area contributed by atoms with Gasteiger partial charge in [0.25, 0.3) is 5.91 Å². The molecule has 1 saturated heterocycles. The SMILES string of the molecule is O=C(O)CC1CCN(C(=O)c2cc3c(cc2F)NC(=O)CC3)CC1. The van der Waals surface area contributed by atoms with E-state index in [9.17, 15) is 18.8 Å². The van der Waals surface area contributed by atoms with E-state index in [1.807, 2.05) is 0 Å². The summed E-state index contributed by atoms with van der Waals surface area (Å²) in [6.45, 7) is 0.869. The fourth-order valence-electron chi connectivity index (χ4n) is 3.32. The molecule has 1 fully saturated rings. The molecule has 0 unspecified atom stereocenters. The van der Waals surface area contributed by atoms with Gasteiger partial charge in [0, 0.05) is 31.6 Å². The number of aliphatic carboxylic acids is 1. The summed E-state index contributed by atoms with van der Waals surface area (Å²) in [5.41, 5.74) is 1.21. The number of hydrogen-bond donors (Lipinski definition) is 2. The molecule has 0 spiro atoms. The first-order valence-corrected chi connectivity index (χ1v) is 8.07. The molecular formula is C17H19FN2O4. The van der Waals surface area contributed by atoms with E-state index in [1.54, 1.807) is 4.90 Å². The predicted octanol–water partition coefficient (Wildman–Crippen LogP) is 2.04. The van der Waals surface area contributed by atoms with Gasteiger partial charge in [-0.05, 0) is 42.9 Å². The Labute approximate surface area is 138 Å². The van der Waals surface area contributed by atoms with Gasteiger partial charge in [-0.25, -0.2) is 4.39 Å². The lowest BCUT2D eigenvalue weighted by Gasteiger charge is -2.31. The minimum Gasteiger partial charge on any atom is -0.481 e. The van der Waals surface area contributed by atoms with Gasteiger partial charge in [-0.1, -0.05) is 0 Å². The Kier molecular flexibility index (Phi) is 4.51. The zero-order valence-electron chi connectivity index (χ0n) is 13.2. The summed E-state index contributed by atoms with van der Waals surface area (Å²) < 4.78 is 14.3. The first kappa shape index (κ1) is 16.4. The van der Waals surface area contributed by atoms with E-state index in [2.05, 4.69) is 5.32 Å². The maximum Gasteiger partial charge on any atom is 0.303 e. The Morgan fingerprint density at radius 1 is 1.25 bits per heavy atom. The normalized spacial score (nSPS) is 18.0. The summed E-state index contributed by atoms with van der Waals surface area (Å²) in [7, 11) is 0. The van der Waals surface area contributed by atoms with Gasteiger partial charge in [0.15, 0.2) is 0 Å². The van der Waals surface area contributed by atoms with Gasteiger partial charge < -0.3 is 15.3 Å². The van der Waals surface area contributed by atoms with Crippen LogP contribution in [-0.2, 0) is 16.0 Å². The molecule has 128 valence electrons. The topological polar surface area (TPSA) is 86.7 Å². The monoisotopic (exact) mass is 334 g/mol. The Balaban J connectivity index is 1.72. The highest BCUT2D eigenvalue weighted by atomic mass is 19.1.